The monoisotopic (exact) mass is 408 g/mol. The molecule has 152 valence electrons. The molecule has 1 aromatic heterocycles. The van der Waals surface area contributed by atoms with Gasteiger partial charge in [0.25, 0.3) is 5.91 Å². The van der Waals surface area contributed by atoms with Crippen LogP contribution in [0.15, 0.2) is 42.5 Å². The predicted octanol–water partition coefficient (Wildman–Crippen LogP) is 3.15. The van der Waals surface area contributed by atoms with E-state index < -0.39 is 30.6 Å². The Bertz CT molecular complexity index is 1030. The zero-order valence-corrected chi connectivity index (χ0v) is 15.1. The summed E-state index contributed by atoms with van der Waals surface area (Å²) in [5, 5.41) is 10.3. The number of aromatic nitrogens is 3. The Morgan fingerprint density at radius 2 is 1.86 bits per heavy atom. The van der Waals surface area contributed by atoms with Gasteiger partial charge >= 0.3 is 12.3 Å². The fourth-order valence-corrected chi connectivity index (χ4v) is 2.48. The largest absolute Gasteiger partial charge is 0.573 e. The molecule has 0 saturated heterocycles. The first kappa shape index (κ1) is 20.1. The third-order valence-corrected chi connectivity index (χ3v) is 3.76. The highest BCUT2D eigenvalue weighted by Gasteiger charge is 2.30. The highest BCUT2D eigenvalue weighted by atomic mass is 19.4. The van der Waals surface area contributed by atoms with Crippen molar-refractivity contribution in [1.82, 2.24) is 15.0 Å². The van der Waals surface area contributed by atoms with Gasteiger partial charge in [-0.3, -0.25) is 4.79 Å². The summed E-state index contributed by atoms with van der Waals surface area (Å²) in [7, 11) is 0. The van der Waals surface area contributed by atoms with Crippen LogP contribution in [0.1, 0.15) is 17.3 Å². The van der Waals surface area contributed by atoms with Gasteiger partial charge < -0.3 is 14.8 Å². The summed E-state index contributed by atoms with van der Waals surface area (Å²) in [4.78, 5) is 24.0. The Labute approximate surface area is 162 Å². The molecule has 2 aromatic carbocycles. The molecular weight excluding hydrogens is 393 g/mol. The van der Waals surface area contributed by atoms with Crippen molar-refractivity contribution in [2.24, 2.45) is 0 Å². The number of aryl methyl sites for hydroxylation is 1. The van der Waals surface area contributed by atoms with Crippen molar-refractivity contribution in [2.75, 3.05) is 11.9 Å². The van der Waals surface area contributed by atoms with Crippen LogP contribution >= 0.6 is 0 Å². The van der Waals surface area contributed by atoms with Gasteiger partial charge in [0.2, 0.25) is 0 Å². The average Bonchev–Trinajstić information content (AvgIpc) is 3.09. The molecule has 0 unspecified atom stereocenters. The minimum absolute atomic E-state index is 0.210. The number of halogens is 3. The van der Waals surface area contributed by atoms with Crippen LogP contribution in [0.5, 0.6) is 5.75 Å². The van der Waals surface area contributed by atoms with Crippen LogP contribution in [0.25, 0.3) is 11.0 Å². The first-order chi connectivity index (χ1) is 13.7. The molecule has 1 amide bonds. The predicted molar refractivity (Wildman–Crippen MR) is 95.2 cm³/mol. The SMILES string of the molecule is CCn1nnc2cc(C(=O)OCC(=O)Nc3ccc(OC(F)(F)F)cc3)ccc21. The van der Waals surface area contributed by atoms with Gasteiger partial charge in [-0.05, 0) is 49.4 Å². The number of carbonyl (C=O) groups is 2. The number of amides is 1. The maximum Gasteiger partial charge on any atom is 0.573 e. The summed E-state index contributed by atoms with van der Waals surface area (Å²) < 4.78 is 46.7. The Kier molecular flexibility index (Phi) is 5.66. The number of rotatable bonds is 6. The van der Waals surface area contributed by atoms with E-state index in [0.29, 0.717) is 12.1 Å². The molecule has 3 rings (SSSR count). The first-order valence-electron chi connectivity index (χ1n) is 8.41. The molecule has 0 atom stereocenters. The van der Waals surface area contributed by atoms with Crippen molar-refractivity contribution in [2.45, 2.75) is 19.8 Å². The third kappa shape index (κ3) is 5.21. The molecule has 1 N–H and O–H groups in total. The number of esters is 1. The molecule has 0 spiro atoms. The summed E-state index contributed by atoms with van der Waals surface area (Å²) in [6, 6.07) is 9.28. The van der Waals surface area contributed by atoms with Gasteiger partial charge in [0.15, 0.2) is 6.61 Å². The van der Waals surface area contributed by atoms with E-state index in [0.717, 1.165) is 17.6 Å². The summed E-state index contributed by atoms with van der Waals surface area (Å²) >= 11 is 0. The second kappa shape index (κ2) is 8.17. The average molecular weight is 408 g/mol. The van der Waals surface area contributed by atoms with Crippen molar-refractivity contribution in [3.05, 3.63) is 48.0 Å². The van der Waals surface area contributed by atoms with E-state index in [-0.39, 0.29) is 11.3 Å². The number of fused-ring (bicyclic) bond motifs is 1. The van der Waals surface area contributed by atoms with Crippen LogP contribution in [-0.4, -0.2) is 39.8 Å². The maximum absolute atomic E-state index is 12.1. The lowest BCUT2D eigenvalue weighted by atomic mass is 10.2. The lowest BCUT2D eigenvalue weighted by Crippen LogP contribution is -2.21. The highest BCUT2D eigenvalue weighted by molar-refractivity contribution is 5.97. The van der Waals surface area contributed by atoms with E-state index in [9.17, 15) is 22.8 Å². The van der Waals surface area contributed by atoms with E-state index >= 15 is 0 Å². The van der Waals surface area contributed by atoms with E-state index in [1.54, 1.807) is 10.7 Å². The summed E-state index contributed by atoms with van der Waals surface area (Å²) in [5.41, 5.74) is 1.71. The Morgan fingerprint density at radius 3 is 2.52 bits per heavy atom. The molecule has 0 aliphatic rings. The van der Waals surface area contributed by atoms with E-state index in [4.69, 9.17) is 4.74 Å². The lowest BCUT2D eigenvalue weighted by Gasteiger charge is -2.10. The van der Waals surface area contributed by atoms with Crippen LogP contribution in [0.4, 0.5) is 18.9 Å². The number of carbonyl (C=O) groups excluding carboxylic acids is 2. The summed E-state index contributed by atoms with van der Waals surface area (Å²) in [6.45, 7) is 1.97. The first-order valence-corrected chi connectivity index (χ1v) is 8.41. The molecule has 0 aliphatic heterocycles. The van der Waals surface area contributed by atoms with E-state index in [2.05, 4.69) is 20.4 Å². The Morgan fingerprint density at radius 1 is 1.14 bits per heavy atom. The molecule has 0 fully saturated rings. The fourth-order valence-electron chi connectivity index (χ4n) is 2.48. The fraction of sp³-hybridized carbons (Fsp3) is 0.222. The van der Waals surface area contributed by atoms with Gasteiger partial charge in [-0.2, -0.15) is 0 Å². The number of hydrogen-bond donors (Lipinski definition) is 1. The van der Waals surface area contributed by atoms with Crippen LogP contribution in [-0.2, 0) is 16.1 Å². The second-order valence-corrected chi connectivity index (χ2v) is 5.81. The number of benzene rings is 2. The van der Waals surface area contributed by atoms with E-state index in [1.165, 1.54) is 24.3 Å². The van der Waals surface area contributed by atoms with Gasteiger partial charge in [-0.1, -0.05) is 5.21 Å². The molecule has 0 bridgehead atoms. The van der Waals surface area contributed by atoms with Crippen LogP contribution in [0.3, 0.4) is 0 Å². The minimum Gasteiger partial charge on any atom is -0.452 e. The zero-order chi connectivity index (χ0) is 21.0. The van der Waals surface area contributed by atoms with Gasteiger partial charge in [0, 0.05) is 12.2 Å². The standard InChI is InChI=1S/C18H15F3N4O4/c1-2-25-15-8-3-11(9-14(15)23-24-25)17(27)28-10-16(26)22-12-4-6-13(7-5-12)29-18(19,20)21/h3-9H,2,10H2,1H3,(H,22,26). The maximum atomic E-state index is 12.1. The number of alkyl halides is 3. The lowest BCUT2D eigenvalue weighted by molar-refractivity contribution is -0.274. The van der Waals surface area contributed by atoms with Gasteiger partial charge in [-0.15, -0.1) is 18.3 Å². The molecular formula is C18H15F3N4O4. The minimum atomic E-state index is -4.80. The number of nitrogens with one attached hydrogen (secondary N) is 1. The van der Waals surface area contributed by atoms with Crippen molar-refractivity contribution in [3.63, 3.8) is 0 Å². The second-order valence-electron chi connectivity index (χ2n) is 5.81. The smallest absolute Gasteiger partial charge is 0.452 e. The van der Waals surface area contributed by atoms with Gasteiger partial charge in [-0.25, -0.2) is 9.48 Å². The highest BCUT2D eigenvalue weighted by Crippen LogP contribution is 2.24. The third-order valence-electron chi connectivity index (χ3n) is 3.76. The van der Waals surface area contributed by atoms with E-state index in [1.807, 2.05) is 6.92 Å². The van der Waals surface area contributed by atoms with Crippen molar-refractivity contribution in [1.29, 1.82) is 0 Å². The molecule has 0 radical (unpaired) electrons. The number of hydrogen-bond acceptors (Lipinski definition) is 6. The molecule has 29 heavy (non-hydrogen) atoms. The summed E-state index contributed by atoms with van der Waals surface area (Å²) in [5.74, 6) is -1.79. The van der Waals surface area contributed by atoms with Crippen LogP contribution in [0.2, 0.25) is 0 Å². The van der Waals surface area contributed by atoms with Crippen molar-refractivity contribution in [3.8, 4) is 5.75 Å². The summed E-state index contributed by atoms with van der Waals surface area (Å²) in [6.07, 6.45) is -4.80. The van der Waals surface area contributed by atoms with Crippen molar-refractivity contribution >= 4 is 28.6 Å². The molecule has 11 heteroatoms. The Hall–Kier alpha value is -3.63. The number of nitrogens with zero attached hydrogens (tertiary/aromatic N) is 3. The molecule has 3 aromatic rings. The quantitative estimate of drug-likeness (QED) is 0.630. The van der Waals surface area contributed by atoms with Crippen molar-refractivity contribution < 1.29 is 32.2 Å². The number of anilines is 1. The van der Waals surface area contributed by atoms with Gasteiger partial charge in [0.1, 0.15) is 11.3 Å². The molecule has 1 heterocycles. The normalized spacial score (nSPS) is 11.3. The topological polar surface area (TPSA) is 95.3 Å². The van der Waals surface area contributed by atoms with Gasteiger partial charge in [0.05, 0.1) is 11.1 Å². The van der Waals surface area contributed by atoms with Crippen LogP contribution < -0.4 is 10.1 Å². The molecule has 0 saturated carbocycles. The molecule has 8 nitrogen and oxygen atoms in total. The molecule has 0 aliphatic carbocycles. The zero-order valence-electron chi connectivity index (χ0n) is 15.1. The Balaban J connectivity index is 1.54. The number of ether oxygens (including phenoxy) is 2. The van der Waals surface area contributed by atoms with Crippen LogP contribution in [0, 0.1) is 0 Å².